The van der Waals surface area contributed by atoms with E-state index in [1.165, 1.54) is 7.11 Å². The molecule has 0 aliphatic heterocycles. The van der Waals surface area contributed by atoms with Gasteiger partial charge in [-0.05, 0) is 36.4 Å². The van der Waals surface area contributed by atoms with Crippen LogP contribution in [0, 0.1) is 0 Å². The Bertz CT molecular complexity index is 910. The molecule has 1 heterocycles. The van der Waals surface area contributed by atoms with Crippen LogP contribution in [0.2, 0.25) is 0 Å². The molecule has 6 nitrogen and oxygen atoms in total. The number of hydrogen-bond acceptors (Lipinski definition) is 4. The molecule has 0 unspecified atom stereocenters. The zero-order valence-corrected chi connectivity index (χ0v) is 12.3. The van der Waals surface area contributed by atoms with E-state index < -0.39 is 11.8 Å². The molecule has 3 aromatic rings. The number of benzene rings is 2. The molecule has 4 N–H and O–H groups in total. The minimum absolute atomic E-state index is 0.0655. The number of rotatable bonds is 4. The second kappa shape index (κ2) is 5.49. The highest BCUT2D eigenvalue weighted by atomic mass is 16.5. The highest BCUT2D eigenvalue weighted by molar-refractivity contribution is 6.23. The Hall–Kier alpha value is -3.28. The number of anilines is 1. The number of carbonyl (C=O) groups is 2. The number of carboxylic acid groups (broad SMARTS) is 1. The van der Waals surface area contributed by atoms with Crippen molar-refractivity contribution in [2.24, 2.45) is 0 Å². The average molecular weight is 310 g/mol. The molecular formula is C17H14N2O4. The summed E-state index contributed by atoms with van der Waals surface area (Å²) in [5.74, 6) is -1.01. The third-order valence-corrected chi connectivity index (χ3v) is 3.65. The monoisotopic (exact) mass is 310 g/mol. The Kier molecular flexibility index (Phi) is 3.50. The number of aromatic carboxylic acids is 1. The zero-order valence-electron chi connectivity index (χ0n) is 12.3. The average Bonchev–Trinajstić information content (AvgIpc) is 2.95. The van der Waals surface area contributed by atoms with Crippen LogP contribution in [0.4, 0.5) is 5.69 Å². The van der Waals surface area contributed by atoms with Crippen LogP contribution in [0.15, 0.2) is 42.5 Å². The minimum Gasteiger partial charge on any atom is -0.497 e. The largest absolute Gasteiger partial charge is 0.497 e. The molecule has 0 amide bonds. The van der Waals surface area contributed by atoms with E-state index in [-0.39, 0.29) is 11.3 Å². The summed E-state index contributed by atoms with van der Waals surface area (Å²) in [6.07, 6.45) is 0. The van der Waals surface area contributed by atoms with Crippen molar-refractivity contribution < 1.29 is 19.4 Å². The van der Waals surface area contributed by atoms with Gasteiger partial charge in [-0.1, -0.05) is 6.07 Å². The number of aromatic amines is 1. The first-order chi connectivity index (χ1) is 11.0. The van der Waals surface area contributed by atoms with Gasteiger partial charge >= 0.3 is 5.97 Å². The standard InChI is InChI=1S/C17H14N2O4/c1-23-10-7-5-9(6-8-10)16(20)14-13-11(18)3-2-4-12(13)19-15(14)17(21)22/h2-8,19H,18H2,1H3,(H,21,22). The normalized spacial score (nSPS) is 10.7. The van der Waals surface area contributed by atoms with Crippen molar-refractivity contribution in [3.8, 4) is 5.75 Å². The Morgan fingerprint density at radius 2 is 1.83 bits per heavy atom. The number of H-pyrrole nitrogens is 1. The summed E-state index contributed by atoms with van der Waals surface area (Å²) in [4.78, 5) is 27.1. The third-order valence-electron chi connectivity index (χ3n) is 3.65. The first-order valence-electron chi connectivity index (χ1n) is 6.85. The van der Waals surface area contributed by atoms with E-state index >= 15 is 0 Å². The summed E-state index contributed by atoms with van der Waals surface area (Å²) in [5, 5.41) is 9.81. The second-order valence-corrected chi connectivity index (χ2v) is 5.01. The van der Waals surface area contributed by atoms with Gasteiger partial charge in [0, 0.05) is 22.2 Å². The quantitative estimate of drug-likeness (QED) is 0.507. The molecule has 0 radical (unpaired) electrons. The van der Waals surface area contributed by atoms with Crippen molar-refractivity contribution >= 4 is 28.3 Å². The summed E-state index contributed by atoms with van der Waals surface area (Å²) in [7, 11) is 1.53. The van der Waals surface area contributed by atoms with Crippen LogP contribution < -0.4 is 10.5 Å². The SMILES string of the molecule is COc1ccc(C(=O)c2c(C(=O)O)[nH]c3cccc(N)c23)cc1. The van der Waals surface area contributed by atoms with E-state index in [1.54, 1.807) is 42.5 Å². The smallest absolute Gasteiger partial charge is 0.353 e. The summed E-state index contributed by atoms with van der Waals surface area (Å²) < 4.78 is 5.06. The summed E-state index contributed by atoms with van der Waals surface area (Å²) in [5.41, 5.74) is 7.07. The maximum Gasteiger partial charge on any atom is 0.353 e. The topological polar surface area (TPSA) is 105 Å². The van der Waals surface area contributed by atoms with Crippen LogP contribution in [0.25, 0.3) is 10.9 Å². The molecule has 116 valence electrons. The number of carboxylic acids is 1. The van der Waals surface area contributed by atoms with Gasteiger partial charge in [0.25, 0.3) is 0 Å². The molecule has 3 rings (SSSR count). The summed E-state index contributed by atoms with van der Waals surface area (Å²) in [6, 6.07) is 11.5. The number of carbonyl (C=O) groups excluding carboxylic acids is 1. The molecular weight excluding hydrogens is 296 g/mol. The van der Waals surface area contributed by atoms with E-state index in [0.29, 0.717) is 27.9 Å². The predicted molar refractivity (Wildman–Crippen MR) is 86.1 cm³/mol. The first-order valence-corrected chi connectivity index (χ1v) is 6.85. The van der Waals surface area contributed by atoms with Gasteiger partial charge in [-0.25, -0.2) is 4.79 Å². The number of nitrogens with one attached hydrogen (secondary N) is 1. The molecule has 1 aromatic heterocycles. The molecule has 0 atom stereocenters. The van der Waals surface area contributed by atoms with Crippen molar-refractivity contribution in [2.75, 3.05) is 12.8 Å². The van der Waals surface area contributed by atoms with Gasteiger partial charge in [0.15, 0.2) is 5.78 Å². The molecule has 23 heavy (non-hydrogen) atoms. The van der Waals surface area contributed by atoms with Gasteiger partial charge in [-0.2, -0.15) is 0 Å². The molecule has 0 aliphatic rings. The van der Waals surface area contributed by atoms with Gasteiger partial charge < -0.3 is 20.6 Å². The summed E-state index contributed by atoms with van der Waals surface area (Å²) >= 11 is 0. The number of aromatic nitrogens is 1. The van der Waals surface area contributed by atoms with Crippen molar-refractivity contribution in [3.63, 3.8) is 0 Å². The molecule has 0 saturated heterocycles. The number of ketones is 1. The Balaban J connectivity index is 2.22. The maximum atomic E-state index is 12.8. The zero-order chi connectivity index (χ0) is 16.6. The Morgan fingerprint density at radius 1 is 1.13 bits per heavy atom. The first kappa shape index (κ1) is 14.6. The van der Waals surface area contributed by atoms with Gasteiger partial charge in [-0.15, -0.1) is 0 Å². The molecule has 6 heteroatoms. The van der Waals surface area contributed by atoms with E-state index in [9.17, 15) is 14.7 Å². The van der Waals surface area contributed by atoms with Gasteiger partial charge in [0.2, 0.25) is 0 Å². The molecule has 0 spiro atoms. The van der Waals surface area contributed by atoms with E-state index in [1.807, 2.05) is 0 Å². The second-order valence-electron chi connectivity index (χ2n) is 5.01. The number of hydrogen-bond donors (Lipinski definition) is 3. The lowest BCUT2D eigenvalue weighted by Gasteiger charge is -2.05. The number of ether oxygens (including phenoxy) is 1. The van der Waals surface area contributed by atoms with E-state index in [4.69, 9.17) is 10.5 Å². The summed E-state index contributed by atoms with van der Waals surface area (Å²) in [6.45, 7) is 0. The van der Waals surface area contributed by atoms with E-state index in [2.05, 4.69) is 4.98 Å². The van der Waals surface area contributed by atoms with Gasteiger partial charge in [0.05, 0.1) is 12.7 Å². The molecule has 0 saturated carbocycles. The lowest BCUT2D eigenvalue weighted by Crippen LogP contribution is -2.09. The van der Waals surface area contributed by atoms with Crippen LogP contribution >= 0.6 is 0 Å². The van der Waals surface area contributed by atoms with Crippen LogP contribution in [-0.4, -0.2) is 29.0 Å². The predicted octanol–water partition coefficient (Wildman–Crippen LogP) is 2.69. The number of methoxy groups -OCH3 is 1. The van der Waals surface area contributed by atoms with Crippen molar-refractivity contribution in [3.05, 3.63) is 59.3 Å². The fraction of sp³-hybridized carbons (Fsp3) is 0.0588. The van der Waals surface area contributed by atoms with Gasteiger partial charge in [-0.3, -0.25) is 4.79 Å². The molecule has 0 bridgehead atoms. The number of nitrogen functional groups attached to an aromatic ring is 1. The number of fused-ring (bicyclic) bond motifs is 1. The van der Waals surface area contributed by atoms with Crippen LogP contribution in [0.3, 0.4) is 0 Å². The van der Waals surface area contributed by atoms with Crippen LogP contribution in [0.1, 0.15) is 26.4 Å². The Morgan fingerprint density at radius 3 is 2.43 bits per heavy atom. The maximum absolute atomic E-state index is 12.8. The highest BCUT2D eigenvalue weighted by Gasteiger charge is 2.25. The lowest BCUT2D eigenvalue weighted by molar-refractivity contribution is 0.0687. The van der Waals surface area contributed by atoms with E-state index in [0.717, 1.165) is 0 Å². The lowest BCUT2D eigenvalue weighted by atomic mass is 9.99. The fourth-order valence-electron chi connectivity index (χ4n) is 2.55. The molecule has 2 aromatic carbocycles. The highest BCUT2D eigenvalue weighted by Crippen LogP contribution is 2.30. The minimum atomic E-state index is -1.21. The number of nitrogens with two attached hydrogens (primary N) is 1. The van der Waals surface area contributed by atoms with Crippen LogP contribution in [0.5, 0.6) is 5.75 Å². The van der Waals surface area contributed by atoms with Gasteiger partial charge in [0.1, 0.15) is 11.4 Å². The van der Waals surface area contributed by atoms with Crippen molar-refractivity contribution in [2.45, 2.75) is 0 Å². The van der Waals surface area contributed by atoms with Crippen molar-refractivity contribution in [1.82, 2.24) is 4.98 Å². The third kappa shape index (κ3) is 2.40. The molecule has 0 aliphatic carbocycles. The van der Waals surface area contributed by atoms with Crippen LogP contribution in [-0.2, 0) is 0 Å². The van der Waals surface area contributed by atoms with Crippen molar-refractivity contribution in [1.29, 1.82) is 0 Å². The fourth-order valence-corrected chi connectivity index (χ4v) is 2.55. The molecule has 0 fully saturated rings. The Labute approximate surface area is 131 Å².